The van der Waals surface area contributed by atoms with Gasteiger partial charge in [-0.2, -0.15) is 0 Å². The summed E-state index contributed by atoms with van der Waals surface area (Å²) in [5, 5.41) is 11.1. The van der Waals surface area contributed by atoms with E-state index >= 15 is 0 Å². The van der Waals surface area contributed by atoms with E-state index in [4.69, 9.17) is 9.84 Å². The van der Waals surface area contributed by atoms with Crippen LogP contribution in [-0.4, -0.2) is 17.0 Å². The highest BCUT2D eigenvalue weighted by molar-refractivity contribution is 5.90. The van der Waals surface area contributed by atoms with Crippen LogP contribution in [-0.2, 0) is 16.2 Å². The summed E-state index contributed by atoms with van der Waals surface area (Å²) in [6, 6.07) is 9.84. The van der Waals surface area contributed by atoms with Gasteiger partial charge in [-0.05, 0) is 42.7 Å². The molecule has 138 valence electrons. The van der Waals surface area contributed by atoms with Crippen molar-refractivity contribution in [2.75, 3.05) is 5.32 Å². The molecule has 1 amide bonds. The molecule has 0 bridgehead atoms. The Morgan fingerprint density at radius 1 is 1.04 bits per heavy atom. The topological polar surface area (TPSA) is 75.6 Å². The zero-order valence-corrected chi connectivity index (χ0v) is 14.0. The summed E-state index contributed by atoms with van der Waals surface area (Å²) in [4.78, 5) is 22.1. The van der Waals surface area contributed by atoms with Crippen LogP contribution in [0, 0.1) is 11.6 Å². The number of nitrogens with one attached hydrogen (secondary N) is 1. The fourth-order valence-electron chi connectivity index (χ4n) is 2.27. The first-order valence-corrected chi connectivity index (χ1v) is 8.12. The number of ether oxygens (including phenoxy) is 1. The number of halogens is 2. The van der Waals surface area contributed by atoms with Crippen LogP contribution in [0.25, 0.3) is 0 Å². The first-order valence-electron chi connectivity index (χ1n) is 8.12. The lowest BCUT2D eigenvalue weighted by molar-refractivity contribution is -0.137. The molecular formula is C19H19F2NO4. The summed E-state index contributed by atoms with van der Waals surface area (Å²) in [5.41, 5.74) is 0.854. The van der Waals surface area contributed by atoms with E-state index in [1.165, 1.54) is 24.3 Å². The number of aliphatic carboxylic acids is 1. The average Bonchev–Trinajstić information content (AvgIpc) is 2.58. The van der Waals surface area contributed by atoms with Gasteiger partial charge < -0.3 is 15.2 Å². The molecule has 0 fully saturated rings. The van der Waals surface area contributed by atoms with Crippen molar-refractivity contribution in [3.8, 4) is 5.75 Å². The van der Waals surface area contributed by atoms with Gasteiger partial charge in [0, 0.05) is 24.6 Å². The summed E-state index contributed by atoms with van der Waals surface area (Å²) in [5.74, 6) is -2.27. The number of rotatable bonds is 9. The van der Waals surface area contributed by atoms with Crippen molar-refractivity contribution in [1.29, 1.82) is 0 Å². The van der Waals surface area contributed by atoms with Gasteiger partial charge in [-0.1, -0.05) is 12.1 Å². The van der Waals surface area contributed by atoms with Crippen molar-refractivity contribution >= 4 is 17.6 Å². The minimum Gasteiger partial charge on any atom is -0.486 e. The lowest BCUT2D eigenvalue weighted by atomic mass is 10.2. The van der Waals surface area contributed by atoms with Gasteiger partial charge in [0.05, 0.1) is 0 Å². The number of carbonyl (C=O) groups excluding carboxylic acids is 1. The Bertz CT molecular complexity index is 780. The second-order valence-electron chi connectivity index (χ2n) is 5.71. The van der Waals surface area contributed by atoms with E-state index in [1.54, 1.807) is 12.1 Å². The molecule has 2 N–H and O–H groups in total. The van der Waals surface area contributed by atoms with Gasteiger partial charge in [-0.25, -0.2) is 8.78 Å². The Morgan fingerprint density at radius 2 is 1.81 bits per heavy atom. The minimum atomic E-state index is -0.902. The van der Waals surface area contributed by atoms with Crippen molar-refractivity contribution in [3.63, 3.8) is 0 Å². The molecule has 2 aromatic rings. The number of carboxylic acid groups (broad SMARTS) is 1. The van der Waals surface area contributed by atoms with Gasteiger partial charge in [0.1, 0.15) is 12.4 Å². The Labute approximate surface area is 149 Å². The summed E-state index contributed by atoms with van der Waals surface area (Å²) in [6.45, 7) is 0.0178. The normalized spacial score (nSPS) is 10.4. The molecule has 0 aliphatic rings. The number of amides is 1. The summed E-state index contributed by atoms with van der Waals surface area (Å²) < 4.78 is 32.5. The predicted molar refractivity (Wildman–Crippen MR) is 91.9 cm³/mol. The standard InChI is InChI=1S/C19H19F2NO4/c20-14-5-3-4-13(10-14)12-26-17-9-8-15(11-16(17)21)22-18(23)6-1-2-7-19(24)25/h3-5,8-11H,1-2,6-7,12H2,(H,22,23)(H,24,25). The Morgan fingerprint density at radius 3 is 2.50 bits per heavy atom. The van der Waals surface area contributed by atoms with Crippen molar-refractivity contribution < 1.29 is 28.2 Å². The lowest BCUT2D eigenvalue weighted by Gasteiger charge is -2.10. The quantitative estimate of drug-likeness (QED) is 0.657. The first-order chi connectivity index (χ1) is 12.4. The molecule has 0 heterocycles. The van der Waals surface area contributed by atoms with E-state index < -0.39 is 17.6 Å². The van der Waals surface area contributed by atoms with Crippen molar-refractivity contribution in [2.24, 2.45) is 0 Å². The van der Waals surface area contributed by atoms with Crippen LogP contribution in [0.3, 0.4) is 0 Å². The monoisotopic (exact) mass is 363 g/mol. The number of unbranched alkanes of at least 4 members (excludes halogenated alkanes) is 1. The number of hydrogen-bond donors (Lipinski definition) is 2. The molecule has 26 heavy (non-hydrogen) atoms. The van der Waals surface area contributed by atoms with Crippen LogP contribution in [0.5, 0.6) is 5.75 Å². The van der Waals surface area contributed by atoms with Gasteiger partial charge in [-0.3, -0.25) is 9.59 Å². The molecule has 0 saturated heterocycles. The van der Waals surface area contributed by atoms with Gasteiger partial charge in [0.15, 0.2) is 11.6 Å². The molecule has 0 atom stereocenters. The Hall–Kier alpha value is -2.96. The molecule has 0 aliphatic heterocycles. The van der Waals surface area contributed by atoms with Crippen LogP contribution < -0.4 is 10.1 Å². The minimum absolute atomic E-state index is 0.00582. The number of carboxylic acids is 1. The molecule has 0 unspecified atom stereocenters. The van der Waals surface area contributed by atoms with Crippen molar-refractivity contribution in [3.05, 3.63) is 59.7 Å². The predicted octanol–water partition coefficient (Wildman–Crippen LogP) is 4.13. The molecule has 0 radical (unpaired) electrons. The van der Waals surface area contributed by atoms with Crippen molar-refractivity contribution in [1.82, 2.24) is 0 Å². The van der Waals surface area contributed by atoms with E-state index in [0.717, 1.165) is 6.07 Å². The van der Waals surface area contributed by atoms with Gasteiger partial charge in [0.2, 0.25) is 5.91 Å². The van der Waals surface area contributed by atoms with E-state index in [0.29, 0.717) is 18.4 Å². The molecule has 7 heteroatoms. The summed E-state index contributed by atoms with van der Waals surface area (Å²) in [6.07, 6.45) is 1.02. The molecule has 2 aromatic carbocycles. The third-order valence-corrected chi connectivity index (χ3v) is 3.54. The second-order valence-corrected chi connectivity index (χ2v) is 5.71. The van der Waals surface area contributed by atoms with Crippen molar-refractivity contribution in [2.45, 2.75) is 32.3 Å². The summed E-state index contributed by atoms with van der Waals surface area (Å²) >= 11 is 0. The maximum absolute atomic E-state index is 14.1. The van der Waals surface area contributed by atoms with E-state index in [9.17, 15) is 18.4 Å². The molecule has 0 saturated carbocycles. The third kappa shape index (κ3) is 6.51. The number of anilines is 1. The molecule has 0 spiro atoms. The second kappa shape index (κ2) is 9.50. The maximum atomic E-state index is 14.1. The summed E-state index contributed by atoms with van der Waals surface area (Å²) in [7, 11) is 0. The molecule has 5 nitrogen and oxygen atoms in total. The number of carbonyl (C=O) groups is 2. The zero-order chi connectivity index (χ0) is 18.9. The van der Waals surface area contributed by atoms with E-state index in [2.05, 4.69) is 5.32 Å². The highest BCUT2D eigenvalue weighted by Crippen LogP contribution is 2.22. The average molecular weight is 363 g/mol. The Kier molecular flexibility index (Phi) is 7.08. The molecule has 0 aliphatic carbocycles. The largest absolute Gasteiger partial charge is 0.486 e. The zero-order valence-electron chi connectivity index (χ0n) is 14.0. The highest BCUT2D eigenvalue weighted by atomic mass is 19.1. The van der Waals surface area contributed by atoms with E-state index in [1.807, 2.05) is 0 Å². The molecular weight excluding hydrogens is 344 g/mol. The lowest BCUT2D eigenvalue weighted by Crippen LogP contribution is -2.11. The molecule has 0 aromatic heterocycles. The van der Waals surface area contributed by atoms with Crippen LogP contribution >= 0.6 is 0 Å². The Balaban J connectivity index is 1.84. The van der Waals surface area contributed by atoms with Gasteiger partial charge >= 0.3 is 5.97 Å². The first kappa shape index (κ1) is 19.4. The fraction of sp³-hybridized carbons (Fsp3) is 0.263. The SMILES string of the molecule is O=C(O)CCCCC(=O)Nc1ccc(OCc2cccc(F)c2)c(F)c1. The van der Waals surface area contributed by atoms with Gasteiger partial charge in [-0.15, -0.1) is 0 Å². The molecule has 2 rings (SSSR count). The van der Waals surface area contributed by atoms with Crippen LogP contribution in [0.2, 0.25) is 0 Å². The maximum Gasteiger partial charge on any atom is 0.303 e. The van der Waals surface area contributed by atoms with Gasteiger partial charge in [0.25, 0.3) is 0 Å². The number of hydrogen-bond acceptors (Lipinski definition) is 3. The van der Waals surface area contributed by atoms with Crippen LogP contribution in [0.4, 0.5) is 14.5 Å². The number of benzene rings is 2. The fourth-order valence-corrected chi connectivity index (χ4v) is 2.27. The van der Waals surface area contributed by atoms with Crippen LogP contribution in [0.15, 0.2) is 42.5 Å². The highest BCUT2D eigenvalue weighted by Gasteiger charge is 2.08. The van der Waals surface area contributed by atoms with Crippen LogP contribution in [0.1, 0.15) is 31.2 Å². The smallest absolute Gasteiger partial charge is 0.303 e. The third-order valence-electron chi connectivity index (χ3n) is 3.54. The van der Waals surface area contributed by atoms with E-state index in [-0.39, 0.29) is 36.8 Å².